The van der Waals surface area contributed by atoms with Crippen LogP contribution in [0.15, 0.2) is 28.7 Å². The van der Waals surface area contributed by atoms with Gasteiger partial charge in [0.25, 0.3) is 0 Å². The Labute approximate surface area is 140 Å². The van der Waals surface area contributed by atoms with Gasteiger partial charge in [0, 0.05) is 13.0 Å². The molecule has 1 amide bonds. The molecule has 0 N–H and O–H groups in total. The van der Waals surface area contributed by atoms with Crippen molar-refractivity contribution in [2.75, 3.05) is 18.6 Å². The number of ether oxygens (including phenoxy) is 1. The van der Waals surface area contributed by atoms with Crippen LogP contribution in [0.3, 0.4) is 0 Å². The Morgan fingerprint density at radius 3 is 2.75 bits per heavy atom. The average molecular weight is 330 g/mol. The van der Waals surface area contributed by atoms with Crippen LogP contribution in [-0.2, 0) is 14.3 Å². The molecule has 1 aromatic carbocycles. The van der Waals surface area contributed by atoms with E-state index in [0.29, 0.717) is 23.4 Å². The number of fused-ring (bicyclic) bond motifs is 1. The van der Waals surface area contributed by atoms with E-state index in [1.807, 2.05) is 24.3 Å². The first kappa shape index (κ1) is 16.5. The molecule has 0 radical (unpaired) electrons. The third kappa shape index (κ3) is 3.75. The van der Waals surface area contributed by atoms with Crippen LogP contribution in [0.5, 0.6) is 0 Å². The van der Waals surface area contributed by atoms with Crippen molar-refractivity contribution in [2.24, 2.45) is 5.92 Å². The number of esters is 1. The second kappa shape index (κ2) is 7.47. The second-order valence-corrected chi connectivity index (χ2v) is 6.19. The van der Waals surface area contributed by atoms with Crippen LogP contribution < -0.4 is 4.90 Å². The van der Waals surface area contributed by atoms with Gasteiger partial charge in [0.2, 0.25) is 5.91 Å². The van der Waals surface area contributed by atoms with Crippen LogP contribution in [0.2, 0.25) is 0 Å². The summed E-state index contributed by atoms with van der Waals surface area (Å²) in [6.45, 7) is 0.213. The van der Waals surface area contributed by atoms with Crippen molar-refractivity contribution in [3.63, 3.8) is 0 Å². The topological polar surface area (TPSA) is 72.6 Å². The Morgan fingerprint density at radius 1 is 1.29 bits per heavy atom. The molecule has 0 saturated heterocycles. The molecule has 128 valence electrons. The van der Waals surface area contributed by atoms with E-state index in [2.05, 4.69) is 9.72 Å². The number of aromatic nitrogens is 1. The molecule has 0 bridgehead atoms. The molecule has 3 rings (SSSR count). The van der Waals surface area contributed by atoms with E-state index in [9.17, 15) is 9.59 Å². The van der Waals surface area contributed by atoms with Gasteiger partial charge in [-0.15, -0.1) is 0 Å². The van der Waals surface area contributed by atoms with Gasteiger partial charge in [0.1, 0.15) is 5.52 Å². The highest BCUT2D eigenvalue weighted by Crippen LogP contribution is 2.29. The van der Waals surface area contributed by atoms with Crippen molar-refractivity contribution in [1.82, 2.24) is 4.98 Å². The molecule has 6 nitrogen and oxygen atoms in total. The van der Waals surface area contributed by atoms with Gasteiger partial charge >= 0.3 is 12.0 Å². The maximum absolute atomic E-state index is 12.8. The third-order valence-electron chi connectivity index (χ3n) is 4.52. The number of anilines is 1. The number of para-hydroxylation sites is 2. The van der Waals surface area contributed by atoms with Gasteiger partial charge in [-0.25, -0.2) is 0 Å². The smallest absolute Gasteiger partial charge is 0.307 e. The first-order valence-electron chi connectivity index (χ1n) is 8.40. The summed E-state index contributed by atoms with van der Waals surface area (Å²) in [5.74, 6) is 0.0182. The van der Waals surface area contributed by atoms with Crippen molar-refractivity contribution in [3.05, 3.63) is 24.3 Å². The highest BCUT2D eigenvalue weighted by Gasteiger charge is 2.26. The van der Waals surface area contributed by atoms with Crippen molar-refractivity contribution in [2.45, 2.75) is 38.5 Å². The van der Waals surface area contributed by atoms with Crippen LogP contribution in [0.4, 0.5) is 6.01 Å². The normalized spacial score (nSPS) is 14.9. The molecule has 1 heterocycles. The van der Waals surface area contributed by atoms with E-state index < -0.39 is 0 Å². The highest BCUT2D eigenvalue weighted by molar-refractivity contribution is 5.93. The maximum atomic E-state index is 12.8. The molecule has 1 saturated carbocycles. The predicted octanol–water partition coefficient (Wildman–Crippen LogP) is 3.30. The Bertz CT molecular complexity index is 686. The number of hydrogen-bond acceptors (Lipinski definition) is 5. The summed E-state index contributed by atoms with van der Waals surface area (Å²) < 4.78 is 10.4. The summed E-state index contributed by atoms with van der Waals surface area (Å²) in [6.07, 6.45) is 5.13. The largest absolute Gasteiger partial charge is 0.469 e. The van der Waals surface area contributed by atoms with E-state index >= 15 is 0 Å². The Balaban J connectivity index is 1.79. The molecular weight excluding hydrogens is 308 g/mol. The highest BCUT2D eigenvalue weighted by atomic mass is 16.5. The molecule has 2 aromatic rings. The summed E-state index contributed by atoms with van der Waals surface area (Å²) in [5.41, 5.74) is 1.33. The zero-order chi connectivity index (χ0) is 16.9. The summed E-state index contributed by atoms with van der Waals surface area (Å²) in [6, 6.07) is 7.63. The van der Waals surface area contributed by atoms with Crippen LogP contribution in [0.25, 0.3) is 11.1 Å². The van der Waals surface area contributed by atoms with Gasteiger partial charge in [-0.3, -0.25) is 14.5 Å². The van der Waals surface area contributed by atoms with Gasteiger partial charge in [0.15, 0.2) is 5.58 Å². The number of rotatable bonds is 6. The first-order chi connectivity index (χ1) is 11.7. The van der Waals surface area contributed by atoms with Crippen molar-refractivity contribution in [1.29, 1.82) is 0 Å². The fourth-order valence-electron chi connectivity index (χ4n) is 3.18. The van der Waals surface area contributed by atoms with Gasteiger partial charge < -0.3 is 9.15 Å². The number of carbonyl (C=O) groups is 2. The lowest BCUT2D eigenvalue weighted by molar-refractivity contribution is -0.140. The standard InChI is InChI=1S/C18H22N2O4/c1-23-17(22)10-11-20(16(21)12-13-6-2-3-7-13)18-19-14-8-4-5-9-15(14)24-18/h4-5,8-9,13H,2-3,6-7,10-12H2,1H3. The van der Waals surface area contributed by atoms with Gasteiger partial charge in [-0.2, -0.15) is 4.98 Å². The van der Waals surface area contributed by atoms with Crippen LogP contribution in [-0.4, -0.2) is 30.5 Å². The minimum absolute atomic E-state index is 0.0441. The molecule has 1 fully saturated rings. The SMILES string of the molecule is COC(=O)CCN(C(=O)CC1CCCC1)c1nc2ccccc2o1. The number of oxazole rings is 1. The fraction of sp³-hybridized carbons (Fsp3) is 0.500. The van der Waals surface area contributed by atoms with Crippen molar-refractivity contribution in [3.8, 4) is 0 Å². The molecule has 0 atom stereocenters. The van der Waals surface area contributed by atoms with Crippen molar-refractivity contribution >= 4 is 29.0 Å². The quantitative estimate of drug-likeness (QED) is 0.760. The second-order valence-electron chi connectivity index (χ2n) is 6.19. The minimum Gasteiger partial charge on any atom is -0.469 e. The van der Waals surface area contributed by atoms with E-state index in [-0.39, 0.29) is 30.9 Å². The zero-order valence-electron chi connectivity index (χ0n) is 13.9. The first-order valence-corrected chi connectivity index (χ1v) is 8.40. The Morgan fingerprint density at radius 2 is 2.04 bits per heavy atom. The maximum Gasteiger partial charge on any atom is 0.307 e. The third-order valence-corrected chi connectivity index (χ3v) is 4.52. The number of methoxy groups -OCH3 is 1. The van der Waals surface area contributed by atoms with Gasteiger partial charge in [-0.05, 0) is 30.9 Å². The van der Waals surface area contributed by atoms with Crippen molar-refractivity contribution < 1.29 is 18.7 Å². The molecule has 24 heavy (non-hydrogen) atoms. The lowest BCUT2D eigenvalue weighted by Gasteiger charge is -2.20. The summed E-state index contributed by atoms with van der Waals surface area (Å²) in [5, 5.41) is 0. The van der Waals surface area contributed by atoms with Gasteiger partial charge in [-0.1, -0.05) is 25.0 Å². The van der Waals surface area contributed by atoms with E-state index in [0.717, 1.165) is 12.8 Å². The Hall–Kier alpha value is -2.37. The fourth-order valence-corrected chi connectivity index (χ4v) is 3.18. The zero-order valence-corrected chi connectivity index (χ0v) is 13.9. The van der Waals surface area contributed by atoms with Gasteiger partial charge in [0.05, 0.1) is 13.5 Å². The number of nitrogens with zero attached hydrogens (tertiary/aromatic N) is 2. The van der Waals surface area contributed by atoms with Crippen LogP contribution >= 0.6 is 0 Å². The minimum atomic E-state index is -0.357. The number of benzene rings is 1. The predicted molar refractivity (Wildman–Crippen MR) is 89.6 cm³/mol. The summed E-state index contributed by atoms with van der Waals surface area (Å²) in [4.78, 5) is 30.1. The lowest BCUT2D eigenvalue weighted by Crippen LogP contribution is -2.34. The molecule has 0 unspecified atom stereocenters. The molecule has 6 heteroatoms. The summed E-state index contributed by atoms with van der Waals surface area (Å²) >= 11 is 0. The van der Waals surface area contributed by atoms with Crippen LogP contribution in [0.1, 0.15) is 38.5 Å². The molecule has 0 aliphatic heterocycles. The molecule has 1 aliphatic rings. The van der Waals surface area contributed by atoms with E-state index in [1.54, 1.807) is 0 Å². The monoisotopic (exact) mass is 330 g/mol. The van der Waals surface area contributed by atoms with E-state index in [1.165, 1.54) is 24.9 Å². The summed E-state index contributed by atoms with van der Waals surface area (Å²) in [7, 11) is 1.34. The molecule has 1 aliphatic carbocycles. The number of hydrogen-bond donors (Lipinski definition) is 0. The van der Waals surface area contributed by atoms with E-state index in [4.69, 9.17) is 4.42 Å². The number of carbonyl (C=O) groups excluding carboxylic acids is 2. The van der Waals surface area contributed by atoms with Crippen LogP contribution in [0, 0.1) is 5.92 Å². The lowest BCUT2D eigenvalue weighted by atomic mass is 10.0. The molecule has 0 spiro atoms. The average Bonchev–Trinajstić information content (AvgIpc) is 3.23. The Kier molecular flexibility index (Phi) is 5.13. The number of amides is 1. The molecule has 1 aromatic heterocycles. The molecular formula is C18H22N2O4.